The third kappa shape index (κ3) is 2.24. The van der Waals surface area contributed by atoms with Gasteiger partial charge in [0.25, 0.3) is 0 Å². The molecular formula is C19H17FN2O2. The normalized spacial score (nSPS) is 15.2. The number of aromatic nitrogens is 1. The molecule has 4 nitrogen and oxygen atoms in total. The van der Waals surface area contributed by atoms with Crippen molar-refractivity contribution in [3.05, 3.63) is 60.0 Å². The van der Waals surface area contributed by atoms with E-state index < -0.39 is 5.41 Å². The minimum absolute atomic E-state index is 0.0860. The molecule has 3 aromatic rings. The molecule has 1 fully saturated rings. The Bertz CT molecular complexity index is 928. The Labute approximate surface area is 138 Å². The molecule has 2 aromatic carbocycles. The predicted molar refractivity (Wildman–Crippen MR) is 90.8 cm³/mol. The first-order valence-corrected chi connectivity index (χ1v) is 7.86. The highest BCUT2D eigenvalue weighted by Crippen LogP contribution is 2.51. The van der Waals surface area contributed by atoms with Crippen molar-refractivity contribution in [1.29, 1.82) is 0 Å². The highest BCUT2D eigenvalue weighted by molar-refractivity contribution is 6.05. The maximum Gasteiger partial charge on any atom is 0.235 e. The van der Waals surface area contributed by atoms with Crippen LogP contribution in [0.1, 0.15) is 18.4 Å². The number of para-hydroxylation sites is 2. The number of anilines is 1. The summed E-state index contributed by atoms with van der Waals surface area (Å²) in [6, 6.07) is 11.9. The van der Waals surface area contributed by atoms with Gasteiger partial charge in [-0.25, -0.2) is 4.39 Å². The van der Waals surface area contributed by atoms with E-state index in [0.29, 0.717) is 11.4 Å². The number of nitrogens with one attached hydrogen (secondary N) is 2. The van der Waals surface area contributed by atoms with Crippen molar-refractivity contribution in [1.82, 2.24) is 4.98 Å². The molecule has 2 N–H and O–H groups in total. The molecule has 0 saturated heterocycles. The zero-order valence-corrected chi connectivity index (χ0v) is 13.2. The molecule has 0 bridgehead atoms. The zero-order valence-electron chi connectivity index (χ0n) is 13.2. The van der Waals surface area contributed by atoms with E-state index in [4.69, 9.17) is 4.74 Å². The van der Waals surface area contributed by atoms with Gasteiger partial charge in [-0.1, -0.05) is 12.1 Å². The van der Waals surface area contributed by atoms with Gasteiger partial charge in [0.2, 0.25) is 5.91 Å². The maximum atomic E-state index is 13.6. The van der Waals surface area contributed by atoms with E-state index >= 15 is 0 Å². The lowest BCUT2D eigenvalue weighted by Gasteiger charge is -2.16. The minimum Gasteiger partial charge on any atom is -0.495 e. The zero-order chi connectivity index (χ0) is 16.7. The van der Waals surface area contributed by atoms with Crippen molar-refractivity contribution in [3.8, 4) is 5.75 Å². The van der Waals surface area contributed by atoms with Gasteiger partial charge in [-0.05, 0) is 48.7 Å². The lowest BCUT2D eigenvalue weighted by atomic mass is 9.94. The van der Waals surface area contributed by atoms with Gasteiger partial charge >= 0.3 is 0 Å². The van der Waals surface area contributed by atoms with Gasteiger partial charge in [-0.15, -0.1) is 0 Å². The Hall–Kier alpha value is -2.82. The van der Waals surface area contributed by atoms with Crippen LogP contribution in [-0.2, 0) is 10.2 Å². The number of carbonyl (C=O) groups excluding carboxylic acids is 1. The minimum atomic E-state index is -0.604. The number of methoxy groups -OCH3 is 1. The topological polar surface area (TPSA) is 54.1 Å². The average molecular weight is 324 g/mol. The molecular weight excluding hydrogens is 307 g/mol. The summed E-state index contributed by atoms with van der Waals surface area (Å²) >= 11 is 0. The largest absolute Gasteiger partial charge is 0.495 e. The molecule has 0 unspecified atom stereocenters. The SMILES string of the molecule is COc1ccccc1NC(=O)C1(c2c[nH]c3ccc(F)cc23)CC1. The summed E-state index contributed by atoms with van der Waals surface area (Å²) in [5.41, 5.74) is 1.72. The Morgan fingerprint density at radius 1 is 1.25 bits per heavy atom. The molecule has 0 radical (unpaired) electrons. The first kappa shape index (κ1) is 14.8. The van der Waals surface area contributed by atoms with Gasteiger partial charge in [0.1, 0.15) is 11.6 Å². The van der Waals surface area contributed by atoms with Crippen molar-refractivity contribution in [2.24, 2.45) is 0 Å². The van der Waals surface area contributed by atoms with E-state index in [1.807, 2.05) is 24.4 Å². The maximum absolute atomic E-state index is 13.6. The van der Waals surface area contributed by atoms with Crippen molar-refractivity contribution in [2.75, 3.05) is 12.4 Å². The van der Waals surface area contributed by atoms with E-state index in [1.54, 1.807) is 19.2 Å². The van der Waals surface area contributed by atoms with Crippen LogP contribution in [0.4, 0.5) is 10.1 Å². The molecule has 1 aromatic heterocycles. The third-order valence-electron chi connectivity index (χ3n) is 4.70. The number of benzene rings is 2. The summed E-state index contributed by atoms with van der Waals surface area (Å²) in [6.45, 7) is 0. The Morgan fingerprint density at radius 3 is 2.79 bits per heavy atom. The van der Waals surface area contributed by atoms with Gasteiger partial charge in [-0.3, -0.25) is 4.79 Å². The van der Waals surface area contributed by atoms with Crippen LogP contribution in [-0.4, -0.2) is 18.0 Å². The number of amides is 1. The van der Waals surface area contributed by atoms with Gasteiger partial charge in [-0.2, -0.15) is 0 Å². The number of fused-ring (bicyclic) bond motifs is 1. The number of carbonyl (C=O) groups is 1. The fourth-order valence-electron chi connectivity index (χ4n) is 3.22. The Morgan fingerprint density at radius 2 is 2.04 bits per heavy atom. The average Bonchev–Trinajstić information content (AvgIpc) is 3.30. The lowest BCUT2D eigenvalue weighted by Crippen LogP contribution is -2.27. The molecule has 1 saturated carbocycles. The van der Waals surface area contributed by atoms with Crippen LogP contribution in [0.15, 0.2) is 48.7 Å². The Balaban J connectivity index is 1.69. The molecule has 1 heterocycles. The van der Waals surface area contributed by atoms with Gasteiger partial charge in [0, 0.05) is 17.1 Å². The first-order chi connectivity index (χ1) is 11.6. The molecule has 1 aliphatic rings. The number of aromatic amines is 1. The molecule has 24 heavy (non-hydrogen) atoms. The monoisotopic (exact) mass is 324 g/mol. The van der Waals surface area contributed by atoms with Gasteiger partial charge in [0.05, 0.1) is 18.2 Å². The summed E-state index contributed by atoms with van der Waals surface area (Å²) < 4.78 is 18.9. The van der Waals surface area contributed by atoms with Crippen molar-refractivity contribution < 1.29 is 13.9 Å². The molecule has 4 rings (SSSR count). The Kier molecular flexibility index (Phi) is 3.30. The molecule has 1 aliphatic carbocycles. The van der Waals surface area contributed by atoms with E-state index in [2.05, 4.69) is 10.3 Å². The highest BCUT2D eigenvalue weighted by Gasteiger charge is 2.52. The standard InChI is InChI=1S/C19H17FN2O2/c1-24-17-5-3-2-4-16(17)22-18(23)19(8-9-19)14-11-21-15-7-6-12(20)10-13(14)15/h2-7,10-11,21H,8-9H2,1H3,(H,22,23). The van der Waals surface area contributed by atoms with Crippen LogP contribution in [0.25, 0.3) is 10.9 Å². The summed E-state index contributed by atoms with van der Waals surface area (Å²) in [5, 5.41) is 3.73. The number of H-pyrrole nitrogens is 1. The summed E-state index contributed by atoms with van der Waals surface area (Å²) in [4.78, 5) is 16.0. The van der Waals surface area contributed by atoms with Gasteiger partial charge in [0.15, 0.2) is 0 Å². The quantitative estimate of drug-likeness (QED) is 0.762. The fraction of sp³-hybridized carbons (Fsp3) is 0.211. The molecule has 5 heteroatoms. The predicted octanol–water partition coefficient (Wildman–Crippen LogP) is 3.99. The van der Waals surface area contributed by atoms with E-state index in [-0.39, 0.29) is 11.7 Å². The van der Waals surface area contributed by atoms with Crippen LogP contribution < -0.4 is 10.1 Å². The fourth-order valence-corrected chi connectivity index (χ4v) is 3.22. The molecule has 0 atom stereocenters. The van der Waals surface area contributed by atoms with Crippen LogP contribution in [0.5, 0.6) is 5.75 Å². The second kappa shape index (κ2) is 5.37. The van der Waals surface area contributed by atoms with Crippen molar-refractivity contribution in [3.63, 3.8) is 0 Å². The van der Waals surface area contributed by atoms with Crippen LogP contribution in [0, 0.1) is 5.82 Å². The van der Waals surface area contributed by atoms with Crippen molar-refractivity contribution >= 4 is 22.5 Å². The lowest BCUT2D eigenvalue weighted by molar-refractivity contribution is -0.118. The molecule has 122 valence electrons. The van der Waals surface area contributed by atoms with Gasteiger partial charge < -0.3 is 15.0 Å². The number of ether oxygens (including phenoxy) is 1. The summed E-state index contributed by atoms with van der Waals surface area (Å²) in [6.07, 6.45) is 3.31. The smallest absolute Gasteiger partial charge is 0.235 e. The van der Waals surface area contributed by atoms with Crippen LogP contribution in [0.3, 0.4) is 0 Å². The number of halogens is 1. The van der Waals surface area contributed by atoms with Crippen molar-refractivity contribution in [2.45, 2.75) is 18.3 Å². The molecule has 0 aliphatic heterocycles. The van der Waals surface area contributed by atoms with Crippen LogP contribution >= 0.6 is 0 Å². The van der Waals surface area contributed by atoms with E-state index in [0.717, 1.165) is 29.3 Å². The summed E-state index contributed by atoms with van der Waals surface area (Å²) in [7, 11) is 1.57. The first-order valence-electron chi connectivity index (χ1n) is 7.86. The second-order valence-electron chi connectivity index (χ2n) is 6.13. The van der Waals surface area contributed by atoms with E-state index in [1.165, 1.54) is 12.1 Å². The number of hydrogen-bond acceptors (Lipinski definition) is 2. The molecule has 0 spiro atoms. The van der Waals surface area contributed by atoms with E-state index in [9.17, 15) is 9.18 Å². The molecule has 1 amide bonds. The summed E-state index contributed by atoms with van der Waals surface area (Å²) in [5.74, 6) is 0.230. The highest BCUT2D eigenvalue weighted by atomic mass is 19.1. The van der Waals surface area contributed by atoms with Crippen LogP contribution in [0.2, 0.25) is 0 Å². The second-order valence-corrected chi connectivity index (χ2v) is 6.13. The third-order valence-corrected chi connectivity index (χ3v) is 4.70. The number of rotatable bonds is 4. The number of hydrogen-bond donors (Lipinski definition) is 2.